The van der Waals surface area contributed by atoms with Crippen molar-refractivity contribution in [2.75, 3.05) is 11.9 Å². The van der Waals surface area contributed by atoms with Crippen LogP contribution in [0, 0.1) is 0 Å². The predicted octanol–water partition coefficient (Wildman–Crippen LogP) is 4.03. The Labute approximate surface area is 154 Å². The lowest BCUT2D eigenvalue weighted by atomic mass is 10.1. The molecule has 0 aliphatic rings. The molecule has 2 aromatic rings. The van der Waals surface area contributed by atoms with Gasteiger partial charge in [0, 0.05) is 11.6 Å². The van der Waals surface area contributed by atoms with Gasteiger partial charge in [0.05, 0.1) is 11.3 Å². The van der Waals surface area contributed by atoms with Crippen LogP contribution in [0.4, 0.5) is 5.69 Å². The third-order valence-corrected chi connectivity index (χ3v) is 3.89. The minimum absolute atomic E-state index is 0.0642. The maximum Gasteiger partial charge on any atom is 0.255 e. The molecule has 2 amide bonds. The molecule has 0 unspecified atom stereocenters. The van der Waals surface area contributed by atoms with Gasteiger partial charge in [0.1, 0.15) is 12.4 Å². The number of ether oxygens (including phenoxy) is 1. The molecule has 5 nitrogen and oxygen atoms in total. The summed E-state index contributed by atoms with van der Waals surface area (Å²) in [6, 6.07) is 13.8. The van der Waals surface area contributed by atoms with Crippen LogP contribution in [-0.2, 0) is 0 Å². The number of carbonyl (C=O) groups is 2. The van der Waals surface area contributed by atoms with E-state index in [1.165, 1.54) is 0 Å². The largest absolute Gasteiger partial charge is 0.490 e. The fraction of sp³-hybridized carbons (Fsp3) is 0.238. The lowest BCUT2D eigenvalue weighted by Crippen LogP contribution is -2.32. The Balaban J connectivity index is 2.11. The highest BCUT2D eigenvalue weighted by Gasteiger charge is 2.15. The smallest absolute Gasteiger partial charge is 0.255 e. The van der Waals surface area contributed by atoms with Gasteiger partial charge in [0.25, 0.3) is 11.8 Å². The van der Waals surface area contributed by atoms with Crippen molar-refractivity contribution in [1.29, 1.82) is 0 Å². The SMILES string of the molecule is C=CCOc1ccc(C(=O)Nc2ccccc2C(=O)N[C@H](C)CC)cc1. The molecule has 0 aliphatic heterocycles. The maximum atomic E-state index is 12.5. The minimum atomic E-state index is -0.288. The number of nitrogens with one attached hydrogen (secondary N) is 2. The van der Waals surface area contributed by atoms with Gasteiger partial charge in [-0.15, -0.1) is 0 Å². The molecule has 26 heavy (non-hydrogen) atoms. The molecule has 2 rings (SSSR count). The van der Waals surface area contributed by atoms with Gasteiger partial charge in [0.2, 0.25) is 0 Å². The summed E-state index contributed by atoms with van der Waals surface area (Å²) < 4.78 is 5.40. The quantitative estimate of drug-likeness (QED) is 0.705. The lowest BCUT2D eigenvalue weighted by molar-refractivity contribution is 0.0940. The normalized spacial score (nSPS) is 11.3. The van der Waals surface area contributed by atoms with E-state index in [1.807, 2.05) is 13.8 Å². The highest BCUT2D eigenvalue weighted by molar-refractivity contribution is 6.09. The van der Waals surface area contributed by atoms with Crippen molar-refractivity contribution >= 4 is 17.5 Å². The summed E-state index contributed by atoms with van der Waals surface area (Å²) in [5.74, 6) is 0.169. The summed E-state index contributed by atoms with van der Waals surface area (Å²) in [5, 5.41) is 5.72. The first-order valence-electron chi connectivity index (χ1n) is 8.60. The molecule has 1 atom stereocenters. The second-order valence-corrected chi connectivity index (χ2v) is 5.91. The van der Waals surface area contributed by atoms with Crippen LogP contribution < -0.4 is 15.4 Å². The number of hydrogen-bond acceptors (Lipinski definition) is 3. The Bertz CT molecular complexity index is 769. The standard InChI is InChI=1S/C21H24N2O3/c1-4-14-26-17-12-10-16(11-13-17)20(24)23-19-9-7-6-8-18(19)21(25)22-15(3)5-2/h4,6-13,15H,1,5,14H2,2-3H3,(H,22,25)(H,23,24)/t15-/m1/s1. The molecular weight excluding hydrogens is 328 g/mol. The van der Waals surface area contributed by atoms with Gasteiger partial charge in [-0.25, -0.2) is 0 Å². The van der Waals surface area contributed by atoms with E-state index in [2.05, 4.69) is 17.2 Å². The van der Waals surface area contributed by atoms with Crippen molar-refractivity contribution in [2.24, 2.45) is 0 Å². The van der Waals surface area contributed by atoms with Gasteiger partial charge in [-0.3, -0.25) is 9.59 Å². The number of benzene rings is 2. The van der Waals surface area contributed by atoms with Gasteiger partial charge in [-0.1, -0.05) is 31.7 Å². The van der Waals surface area contributed by atoms with Crippen molar-refractivity contribution < 1.29 is 14.3 Å². The summed E-state index contributed by atoms with van der Waals surface area (Å²) in [6.07, 6.45) is 2.49. The first-order chi connectivity index (χ1) is 12.5. The Morgan fingerprint density at radius 2 is 1.81 bits per heavy atom. The number of para-hydroxylation sites is 1. The third kappa shape index (κ3) is 5.21. The molecule has 0 saturated heterocycles. The Morgan fingerprint density at radius 3 is 2.46 bits per heavy atom. The summed E-state index contributed by atoms with van der Waals surface area (Å²) in [6.45, 7) is 7.94. The second kappa shape index (κ2) is 9.42. The van der Waals surface area contributed by atoms with Gasteiger partial charge in [-0.05, 0) is 49.7 Å². The minimum Gasteiger partial charge on any atom is -0.490 e. The van der Waals surface area contributed by atoms with Gasteiger partial charge < -0.3 is 15.4 Å². The number of hydrogen-bond donors (Lipinski definition) is 2. The average molecular weight is 352 g/mol. The molecule has 0 bridgehead atoms. The van der Waals surface area contributed by atoms with Crippen molar-refractivity contribution in [2.45, 2.75) is 26.3 Å². The number of amides is 2. The van der Waals surface area contributed by atoms with E-state index in [9.17, 15) is 9.59 Å². The van der Waals surface area contributed by atoms with Crippen molar-refractivity contribution in [3.8, 4) is 5.75 Å². The van der Waals surface area contributed by atoms with Gasteiger partial charge >= 0.3 is 0 Å². The molecule has 136 valence electrons. The van der Waals surface area contributed by atoms with Crippen LogP contribution in [0.5, 0.6) is 5.75 Å². The summed E-state index contributed by atoms with van der Waals surface area (Å²) in [7, 11) is 0. The summed E-state index contributed by atoms with van der Waals surface area (Å²) in [4.78, 5) is 24.9. The molecule has 0 spiro atoms. The van der Waals surface area contributed by atoms with E-state index in [-0.39, 0.29) is 17.9 Å². The highest BCUT2D eigenvalue weighted by Crippen LogP contribution is 2.18. The third-order valence-electron chi connectivity index (χ3n) is 3.89. The fourth-order valence-corrected chi connectivity index (χ4v) is 2.25. The molecule has 2 aromatic carbocycles. The van der Waals surface area contributed by atoms with Crippen LogP contribution in [0.1, 0.15) is 41.0 Å². The van der Waals surface area contributed by atoms with Crippen LogP contribution in [0.3, 0.4) is 0 Å². The zero-order valence-corrected chi connectivity index (χ0v) is 15.1. The van der Waals surface area contributed by atoms with E-state index in [0.29, 0.717) is 29.2 Å². The molecule has 0 radical (unpaired) electrons. The zero-order valence-electron chi connectivity index (χ0n) is 15.1. The molecule has 0 aromatic heterocycles. The van der Waals surface area contributed by atoms with Crippen molar-refractivity contribution in [3.63, 3.8) is 0 Å². The van der Waals surface area contributed by atoms with Gasteiger partial charge in [-0.2, -0.15) is 0 Å². The zero-order chi connectivity index (χ0) is 18.9. The molecule has 0 heterocycles. The van der Waals surface area contributed by atoms with Gasteiger partial charge in [0.15, 0.2) is 0 Å². The van der Waals surface area contributed by atoms with E-state index >= 15 is 0 Å². The molecular formula is C21H24N2O3. The Morgan fingerprint density at radius 1 is 1.12 bits per heavy atom. The first kappa shape index (κ1) is 19.2. The van der Waals surface area contributed by atoms with Crippen LogP contribution in [0.25, 0.3) is 0 Å². The van der Waals surface area contributed by atoms with Crippen LogP contribution >= 0.6 is 0 Å². The van der Waals surface area contributed by atoms with E-state index in [0.717, 1.165) is 6.42 Å². The predicted molar refractivity (Wildman–Crippen MR) is 104 cm³/mol. The molecule has 0 saturated carbocycles. The maximum absolute atomic E-state index is 12.5. The number of anilines is 1. The molecule has 5 heteroatoms. The molecule has 0 aliphatic carbocycles. The fourth-order valence-electron chi connectivity index (χ4n) is 2.25. The van der Waals surface area contributed by atoms with Crippen molar-refractivity contribution in [3.05, 3.63) is 72.3 Å². The number of rotatable bonds is 8. The van der Waals surface area contributed by atoms with E-state index in [1.54, 1.807) is 54.6 Å². The van der Waals surface area contributed by atoms with Crippen LogP contribution in [-0.4, -0.2) is 24.5 Å². The van der Waals surface area contributed by atoms with E-state index in [4.69, 9.17) is 4.74 Å². The average Bonchev–Trinajstić information content (AvgIpc) is 2.66. The summed E-state index contributed by atoms with van der Waals surface area (Å²) in [5.41, 5.74) is 1.39. The topological polar surface area (TPSA) is 67.4 Å². The Kier molecular flexibility index (Phi) is 6.97. The highest BCUT2D eigenvalue weighted by atomic mass is 16.5. The lowest BCUT2D eigenvalue weighted by Gasteiger charge is -2.14. The van der Waals surface area contributed by atoms with E-state index < -0.39 is 0 Å². The van der Waals surface area contributed by atoms with Crippen LogP contribution in [0.15, 0.2) is 61.2 Å². The second-order valence-electron chi connectivity index (χ2n) is 5.91. The van der Waals surface area contributed by atoms with Crippen molar-refractivity contribution in [1.82, 2.24) is 5.32 Å². The van der Waals surface area contributed by atoms with Crippen LogP contribution in [0.2, 0.25) is 0 Å². The molecule has 2 N–H and O–H groups in total. The summed E-state index contributed by atoms with van der Waals surface area (Å²) >= 11 is 0. The Hall–Kier alpha value is -3.08. The monoisotopic (exact) mass is 352 g/mol. The first-order valence-corrected chi connectivity index (χ1v) is 8.60. The molecule has 0 fully saturated rings. The number of carbonyl (C=O) groups excluding carboxylic acids is 2.